The van der Waals surface area contributed by atoms with Crippen LogP contribution in [0.2, 0.25) is 0 Å². The van der Waals surface area contributed by atoms with Gasteiger partial charge < -0.3 is 14.8 Å². The Balaban J connectivity index is 1.71. The molecule has 4 rings (SSSR count). The molecule has 200 valence electrons. The first-order valence-electron chi connectivity index (χ1n) is 13.4. The number of aryl methyl sites for hydroxylation is 3. The quantitative estimate of drug-likeness (QED) is 0.165. The summed E-state index contributed by atoms with van der Waals surface area (Å²) in [6.45, 7) is 4.00. The molecule has 0 fully saturated rings. The fourth-order valence-corrected chi connectivity index (χ4v) is 5.73. The highest BCUT2D eigenvalue weighted by Gasteiger charge is 2.41. The molecule has 2 aromatic rings. The molecule has 2 unspecified atom stereocenters. The zero-order chi connectivity index (χ0) is 27.2. The molecule has 1 N–H and O–H groups in total. The normalized spacial score (nSPS) is 17.4. The molecular weight excluding hydrogens is 480 g/mol. The maximum absolute atomic E-state index is 13.8. The van der Waals surface area contributed by atoms with E-state index in [1.165, 1.54) is 17.3 Å². The Morgan fingerprint density at radius 2 is 1.68 bits per heavy atom. The molecule has 2 aliphatic carbocycles. The summed E-state index contributed by atoms with van der Waals surface area (Å²) in [7, 11) is 3.35. The van der Waals surface area contributed by atoms with Crippen LogP contribution in [0.15, 0.2) is 47.0 Å². The molecule has 0 saturated heterocycles. The van der Waals surface area contributed by atoms with Crippen LogP contribution in [-0.4, -0.2) is 51.2 Å². The first-order valence-corrected chi connectivity index (χ1v) is 13.4. The number of hydrogen-bond acceptors (Lipinski definition) is 7. The van der Waals surface area contributed by atoms with Gasteiger partial charge in [0.25, 0.3) is 0 Å². The van der Waals surface area contributed by atoms with Gasteiger partial charge in [-0.05, 0) is 85.9 Å². The molecule has 7 heteroatoms. The zero-order valence-electron chi connectivity index (χ0n) is 22.6. The highest BCUT2D eigenvalue weighted by atomic mass is 16.5. The Kier molecular flexibility index (Phi) is 8.77. The fraction of sp³-hybridized carbons (Fsp3) is 0.419. The van der Waals surface area contributed by atoms with E-state index in [1.54, 1.807) is 27.9 Å². The van der Waals surface area contributed by atoms with Crippen molar-refractivity contribution in [2.45, 2.75) is 51.9 Å². The van der Waals surface area contributed by atoms with Gasteiger partial charge in [-0.2, -0.15) is 0 Å². The number of nitrogens with zero attached hydrogens (tertiary/aromatic N) is 1. The number of aliphatic imine (C=N–C) groups is 1. The number of hydrogen-bond donors (Lipinski definition) is 1. The summed E-state index contributed by atoms with van der Waals surface area (Å²) in [4.78, 5) is 43.6. The summed E-state index contributed by atoms with van der Waals surface area (Å²) >= 11 is 0. The van der Waals surface area contributed by atoms with Gasteiger partial charge in [-0.1, -0.05) is 24.3 Å². The Morgan fingerprint density at radius 3 is 2.39 bits per heavy atom. The van der Waals surface area contributed by atoms with Crippen LogP contribution >= 0.6 is 0 Å². The Hall–Kier alpha value is -3.74. The van der Waals surface area contributed by atoms with Crippen molar-refractivity contribution in [3.05, 3.63) is 75.4 Å². The van der Waals surface area contributed by atoms with Crippen molar-refractivity contribution in [3.8, 4) is 0 Å². The third-order valence-electron chi connectivity index (χ3n) is 7.44. The SMILES string of the molecule is CCOC(=O)/C(C=NC)=C(/NC)c1ccc2c(c1)CCC2C(C(=O)OCC)C(=O)c1ccc2c(c1)CCC2. The number of nitrogens with one attached hydrogen (secondary N) is 1. The summed E-state index contributed by atoms with van der Waals surface area (Å²) in [5.74, 6) is -2.28. The lowest BCUT2D eigenvalue weighted by Crippen LogP contribution is -2.31. The molecule has 2 aliphatic rings. The van der Waals surface area contributed by atoms with E-state index in [0.717, 1.165) is 42.4 Å². The number of ketones is 1. The van der Waals surface area contributed by atoms with E-state index in [2.05, 4.69) is 10.3 Å². The van der Waals surface area contributed by atoms with Crippen LogP contribution in [-0.2, 0) is 38.3 Å². The van der Waals surface area contributed by atoms with Crippen LogP contribution in [0.1, 0.15) is 70.8 Å². The molecule has 0 bridgehead atoms. The van der Waals surface area contributed by atoms with E-state index in [0.29, 0.717) is 23.3 Å². The average molecular weight is 517 g/mol. The van der Waals surface area contributed by atoms with E-state index >= 15 is 0 Å². The molecule has 2 aromatic carbocycles. The van der Waals surface area contributed by atoms with Gasteiger partial charge in [-0.25, -0.2) is 4.79 Å². The topological polar surface area (TPSA) is 94.1 Å². The number of esters is 2. The molecule has 0 aliphatic heterocycles. The second-order valence-electron chi connectivity index (χ2n) is 9.64. The molecule has 0 heterocycles. The van der Waals surface area contributed by atoms with Gasteiger partial charge in [0.15, 0.2) is 5.78 Å². The molecule has 0 amide bonds. The van der Waals surface area contributed by atoms with Crippen molar-refractivity contribution < 1.29 is 23.9 Å². The lowest BCUT2D eigenvalue weighted by Gasteiger charge is -2.22. The average Bonchev–Trinajstić information content (AvgIpc) is 3.55. The predicted molar refractivity (Wildman–Crippen MR) is 147 cm³/mol. The monoisotopic (exact) mass is 516 g/mol. The van der Waals surface area contributed by atoms with Gasteiger partial charge in [0.2, 0.25) is 0 Å². The summed E-state index contributed by atoms with van der Waals surface area (Å²) in [5.41, 5.74) is 6.84. The van der Waals surface area contributed by atoms with Gasteiger partial charge in [-0.3, -0.25) is 14.6 Å². The molecule has 0 spiro atoms. The highest BCUT2D eigenvalue weighted by molar-refractivity contribution is 6.16. The molecule has 0 aromatic heterocycles. The molecule has 7 nitrogen and oxygen atoms in total. The maximum atomic E-state index is 13.8. The minimum atomic E-state index is -0.900. The van der Waals surface area contributed by atoms with Crippen molar-refractivity contribution >= 4 is 29.6 Å². The molecular formula is C31H36N2O5. The second kappa shape index (κ2) is 12.2. The largest absolute Gasteiger partial charge is 0.465 e. The minimum Gasteiger partial charge on any atom is -0.465 e. The first kappa shape index (κ1) is 27.3. The van der Waals surface area contributed by atoms with Crippen LogP contribution in [0.4, 0.5) is 0 Å². The van der Waals surface area contributed by atoms with Gasteiger partial charge >= 0.3 is 11.9 Å². The van der Waals surface area contributed by atoms with E-state index in [9.17, 15) is 14.4 Å². The highest BCUT2D eigenvalue weighted by Crippen LogP contribution is 2.41. The van der Waals surface area contributed by atoms with Crippen molar-refractivity contribution in [1.82, 2.24) is 5.32 Å². The van der Waals surface area contributed by atoms with Gasteiger partial charge in [0, 0.05) is 31.8 Å². The number of ether oxygens (including phenoxy) is 2. The van der Waals surface area contributed by atoms with Crippen LogP contribution in [0.3, 0.4) is 0 Å². The van der Waals surface area contributed by atoms with Crippen molar-refractivity contribution in [2.24, 2.45) is 10.9 Å². The van der Waals surface area contributed by atoms with E-state index in [4.69, 9.17) is 9.47 Å². The van der Waals surface area contributed by atoms with Crippen LogP contribution in [0.5, 0.6) is 0 Å². The summed E-state index contributed by atoms with van der Waals surface area (Å²) < 4.78 is 10.6. The van der Waals surface area contributed by atoms with Gasteiger partial charge in [0.05, 0.1) is 18.9 Å². The maximum Gasteiger partial charge on any atom is 0.341 e. The number of carbonyl (C=O) groups excluding carboxylic acids is 3. The van der Waals surface area contributed by atoms with Crippen molar-refractivity contribution in [3.63, 3.8) is 0 Å². The Morgan fingerprint density at radius 1 is 0.974 bits per heavy atom. The number of rotatable bonds is 10. The summed E-state index contributed by atoms with van der Waals surface area (Å²) in [6, 6.07) is 11.7. The number of fused-ring (bicyclic) bond motifs is 2. The summed E-state index contributed by atoms with van der Waals surface area (Å²) in [6.07, 6.45) is 5.97. The number of benzene rings is 2. The zero-order valence-corrected chi connectivity index (χ0v) is 22.6. The summed E-state index contributed by atoms with van der Waals surface area (Å²) in [5, 5.41) is 3.12. The Labute approximate surface area is 224 Å². The Bertz CT molecular complexity index is 1290. The van der Waals surface area contributed by atoms with E-state index in [1.807, 2.05) is 36.4 Å². The minimum absolute atomic E-state index is 0.181. The molecule has 0 radical (unpaired) electrons. The fourth-order valence-electron chi connectivity index (χ4n) is 5.73. The van der Waals surface area contributed by atoms with Gasteiger partial charge in [-0.15, -0.1) is 0 Å². The second-order valence-corrected chi connectivity index (χ2v) is 9.64. The number of Topliss-reactive ketones (excluding diaryl/α,β-unsaturated/α-hetero) is 1. The van der Waals surface area contributed by atoms with Crippen molar-refractivity contribution in [2.75, 3.05) is 27.3 Å². The smallest absolute Gasteiger partial charge is 0.341 e. The van der Waals surface area contributed by atoms with E-state index in [-0.39, 0.29) is 24.9 Å². The lowest BCUT2D eigenvalue weighted by atomic mass is 9.81. The van der Waals surface area contributed by atoms with Crippen LogP contribution < -0.4 is 5.32 Å². The van der Waals surface area contributed by atoms with Crippen LogP contribution in [0, 0.1) is 5.92 Å². The standard InChI is InChI=1S/C31H36N2O5/c1-5-37-30(35)26(18-32-3)28(33-4)22-13-14-24-21(17-22)12-15-25(24)27(31(36)38-6-2)29(34)23-11-10-19-8-7-9-20(19)16-23/h10-11,13-14,16-18,25,27,33H,5-9,12,15H2,1-4H3/b28-26+,32-18?. The van der Waals surface area contributed by atoms with Crippen molar-refractivity contribution in [1.29, 1.82) is 0 Å². The lowest BCUT2D eigenvalue weighted by molar-refractivity contribution is -0.147. The predicted octanol–water partition coefficient (Wildman–Crippen LogP) is 4.46. The third kappa shape index (κ3) is 5.42. The van der Waals surface area contributed by atoms with Crippen LogP contribution in [0.25, 0.3) is 5.70 Å². The molecule has 2 atom stereocenters. The molecule has 38 heavy (non-hydrogen) atoms. The third-order valence-corrected chi connectivity index (χ3v) is 7.44. The van der Waals surface area contributed by atoms with E-state index < -0.39 is 17.9 Å². The van der Waals surface area contributed by atoms with Gasteiger partial charge in [0.1, 0.15) is 11.5 Å². The first-order chi connectivity index (χ1) is 18.4. The molecule has 0 saturated carbocycles. The number of carbonyl (C=O) groups is 3.